The molecular formula is C16H18N6O2S. The maximum absolute atomic E-state index is 12.2. The van der Waals surface area contributed by atoms with Gasteiger partial charge in [0.15, 0.2) is 10.8 Å². The van der Waals surface area contributed by atoms with Gasteiger partial charge in [-0.15, -0.1) is 16.4 Å². The van der Waals surface area contributed by atoms with Crippen LogP contribution in [-0.2, 0) is 6.54 Å². The molecule has 1 saturated heterocycles. The number of carbonyl (C=O) groups excluding carboxylic acids is 1. The van der Waals surface area contributed by atoms with E-state index >= 15 is 0 Å². The van der Waals surface area contributed by atoms with Crippen LogP contribution in [0.25, 0.3) is 10.8 Å². The predicted molar refractivity (Wildman–Crippen MR) is 92.1 cm³/mol. The van der Waals surface area contributed by atoms with E-state index in [0.717, 1.165) is 31.6 Å². The molecule has 1 fully saturated rings. The van der Waals surface area contributed by atoms with E-state index in [0.29, 0.717) is 29.0 Å². The molecule has 3 aromatic heterocycles. The van der Waals surface area contributed by atoms with E-state index in [1.807, 2.05) is 16.9 Å². The molecule has 4 heterocycles. The first-order valence-corrected chi connectivity index (χ1v) is 9.06. The predicted octanol–water partition coefficient (Wildman–Crippen LogP) is 1.85. The number of hydrogen-bond donors (Lipinski definition) is 2. The molecule has 4 rings (SSSR count). The second kappa shape index (κ2) is 7.16. The van der Waals surface area contributed by atoms with Gasteiger partial charge in [0.05, 0.1) is 25.0 Å². The molecule has 8 nitrogen and oxygen atoms in total. The minimum atomic E-state index is -0.231. The number of hydrogen-bond acceptors (Lipinski definition) is 7. The number of nitrogens with zero attached hydrogens (tertiary/aromatic N) is 4. The van der Waals surface area contributed by atoms with Gasteiger partial charge in [0.1, 0.15) is 11.4 Å². The number of piperidine rings is 1. The third-order valence-corrected chi connectivity index (χ3v) is 5.00. The van der Waals surface area contributed by atoms with Gasteiger partial charge in [0, 0.05) is 5.38 Å². The normalized spacial score (nSPS) is 15.4. The fourth-order valence-corrected chi connectivity index (χ4v) is 3.56. The molecule has 0 aromatic carbocycles. The van der Waals surface area contributed by atoms with Crippen LogP contribution in [0.5, 0.6) is 0 Å². The molecule has 2 N–H and O–H groups in total. The Bertz CT molecular complexity index is 835. The summed E-state index contributed by atoms with van der Waals surface area (Å²) in [7, 11) is 0. The number of amides is 1. The Balaban J connectivity index is 1.35. The summed E-state index contributed by atoms with van der Waals surface area (Å²) in [6.07, 6.45) is 5.58. The molecule has 1 aliphatic heterocycles. The smallest absolute Gasteiger partial charge is 0.271 e. The Morgan fingerprint density at radius 3 is 3.12 bits per heavy atom. The van der Waals surface area contributed by atoms with Crippen LogP contribution in [-0.4, -0.2) is 39.0 Å². The van der Waals surface area contributed by atoms with Gasteiger partial charge >= 0.3 is 0 Å². The van der Waals surface area contributed by atoms with Crippen molar-refractivity contribution in [3.05, 3.63) is 41.4 Å². The lowest BCUT2D eigenvalue weighted by molar-refractivity contribution is 0.0946. The summed E-state index contributed by atoms with van der Waals surface area (Å²) in [6.45, 7) is 2.33. The topological polar surface area (TPSA) is 97.9 Å². The Morgan fingerprint density at radius 1 is 1.44 bits per heavy atom. The van der Waals surface area contributed by atoms with Crippen molar-refractivity contribution in [2.45, 2.75) is 25.4 Å². The average Bonchev–Trinajstić information content (AvgIpc) is 3.41. The lowest BCUT2D eigenvalue weighted by atomic mass is 10.1. The molecule has 0 bridgehead atoms. The average molecular weight is 358 g/mol. The Labute approximate surface area is 148 Å². The van der Waals surface area contributed by atoms with Crippen molar-refractivity contribution in [3.8, 4) is 10.8 Å². The number of carbonyl (C=O) groups is 1. The highest BCUT2D eigenvalue weighted by Gasteiger charge is 2.17. The van der Waals surface area contributed by atoms with Crippen LogP contribution in [0, 0.1) is 0 Å². The van der Waals surface area contributed by atoms with Crippen molar-refractivity contribution >= 4 is 17.2 Å². The zero-order valence-corrected chi connectivity index (χ0v) is 14.3. The lowest BCUT2D eigenvalue weighted by Crippen LogP contribution is -2.29. The van der Waals surface area contributed by atoms with Gasteiger partial charge in [-0.3, -0.25) is 4.79 Å². The molecule has 130 valence electrons. The Hall–Kier alpha value is -2.52. The van der Waals surface area contributed by atoms with E-state index in [9.17, 15) is 4.79 Å². The maximum Gasteiger partial charge on any atom is 0.271 e. The van der Waals surface area contributed by atoms with Crippen molar-refractivity contribution < 1.29 is 9.21 Å². The molecule has 0 aliphatic carbocycles. The van der Waals surface area contributed by atoms with Crippen LogP contribution in [0.2, 0.25) is 0 Å². The second-order valence-corrected chi connectivity index (χ2v) is 6.73. The SMILES string of the molecule is O=C(NCc1cn(C2CCNCC2)nn1)c1csc(-c2ccco2)n1. The van der Waals surface area contributed by atoms with E-state index in [1.54, 1.807) is 17.7 Å². The van der Waals surface area contributed by atoms with Crippen molar-refractivity contribution in [2.24, 2.45) is 0 Å². The Morgan fingerprint density at radius 2 is 2.32 bits per heavy atom. The lowest BCUT2D eigenvalue weighted by Gasteiger charge is -2.22. The number of furan rings is 1. The van der Waals surface area contributed by atoms with Crippen molar-refractivity contribution in [1.29, 1.82) is 0 Å². The van der Waals surface area contributed by atoms with Crippen LogP contribution in [0.4, 0.5) is 0 Å². The summed E-state index contributed by atoms with van der Waals surface area (Å²) in [5.41, 5.74) is 1.12. The third-order valence-electron chi connectivity index (χ3n) is 4.14. The molecule has 9 heteroatoms. The minimum Gasteiger partial charge on any atom is -0.462 e. The summed E-state index contributed by atoms with van der Waals surface area (Å²) >= 11 is 1.38. The van der Waals surface area contributed by atoms with Gasteiger partial charge < -0.3 is 15.1 Å². The first-order chi connectivity index (χ1) is 12.3. The van der Waals surface area contributed by atoms with Crippen molar-refractivity contribution in [1.82, 2.24) is 30.6 Å². The van der Waals surface area contributed by atoms with Crippen LogP contribution in [0.1, 0.15) is 35.1 Å². The summed E-state index contributed by atoms with van der Waals surface area (Å²) in [6, 6.07) is 3.99. The quantitative estimate of drug-likeness (QED) is 0.722. The van der Waals surface area contributed by atoms with E-state index in [2.05, 4.69) is 25.9 Å². The molecule has 1 aliphatic rings. The van der Waals surface area contributed by atoms with Crippen LogP contribution in [0.15, 0.2) is 34.4 Å². The molecule has 0 unspecified atom stereocenters. The van der Waals surface area contributed by atoms with Gasteiger partial charge in [-0.2, -0.15) is 0 Å². The number of rotatable bonds is 5. The van der Waals surface area contributed by atoms with Crippen LogP contribution >= 0.6 is 11.3 Å². The van der Waals surface area contributed by atoms with Crippen molar-refractivity contribution in [2.75, 3.05) is 13.1 Å². The summed E-state index contributed by atoms with van der Waals surface area (Å²) in [5.74, 6) is 0.430. The fourth-order valence-electron chi connectivity index (χ4n) is 2.80. The fraction of sp³-hybridized carbons (Fsp3) is 0.375. The largest absolute Gasteiger partial charge is 0.462 e. The zero-order valence-electron chi connectivity index (χ0n) is 13.5. The number of nitrogens with one attached hydrogen (secondary N) is 2. The van der Waals surface area contributed by atoms with E-state index < -0.39 is 0 Å². The maximum atomic E-state index is 12.2. The molecule has 1 amide bonds. The molecule has 0 saturated carbocycles. The van der Waals surface area contributed by atoms with Gasteiger partial charge in [-0.05, 0) is 38.1 Å². The number of thiazole rings is 1. The van der Waals surface area contributed by atoms with Crippen molar-refractivity contribution in [3.63, 3.8) is 0 Å². The zero-order chi connectivity index (χ0) is 17.1. The standard InChI is InChI=1S/C16H18N6O2S/c23-15(13-10-25-16(19-13)14-2-1-7-24-14)18-8-11-9-22(21-20-11)12-3-5-17-6-4-12/h1-2,7,9-10,12,17H,3-6,8H2,(H,18,23). The molecule has 0 radical (unpaired) electrons. The van der Waals surface area contributed by atoms with E-state index in [1.165, 1.54) is 11.3 Å². The van der Waals surface area contributed by atoms with Gasteiger partial charge in [-0.25, -0.2) is 9.67 Å². The summed E-state index contributed by atoms with van der Waals surface area (Å²) in [5, 5.41) is 16.9. The van der Waals surface area contributed by atoms with Gasteiger partial charge in [0.2, 0.25) is 0 Å². The summed E-state index contributed by atoms with van der Waals surface area (Å²) in [4.78, 5) is 16.6. The minimum absolute atomic E-state index is 0.231. The Kier molecular flexibility index (Phi) is 4.57. The third kappa shape index (κ3) is 3.62. The van der Waals surface area contributed by atoms with E-state index in [4.69, 9.17) is 4.42 Å². The van der Waals surface area contributed by atoms with E-state index in [-0.39, 0.29) is 5.91 Å². The van der Waals surface area contributed by atoms with Crippen LogP contribution in [0.3, 0.4) is 0 Å². The molecule has 0 spiro atoms. The first kappa shape index (κ1) is 16.0. The molecule has 3 aromatic rings. The highest BCUT2D eigenvalue weighted by Crippen LogP contribution is 2.23. The number of aromatic nitrogens is 4. The van der Waals surface area contributed by atoms with Crippen LogP contribution < -0.4 is 10.6 Å². The first-order valence-electron chi connectivity index (χ1n) is 8.18. The molecule has 0 atom stereocenters. The highest BCUT2D eigenvalue weighted by molar-refractivity contribution is 7.13. The second-order valence-electron chi connectivity index (χ2n) is 5.87. The monoisotopic (exact) mass is 358 g/mol. The molecular weight excluding hydrogens is 340 g/mol. The summed E-state index contributed by atoms with van der Waals surface area (Å²) < 4.78 is 7.20. The van der Waals surface area contributed by atoms with Gasteiger partial charge in [-0.1, -0.05) is 5.21 Å². The van der Waals surface area contributed by atoms with Gasteiger partial charge in [0.25, 0.3) is 5.91 Å². The highest BCUT2D eigenvalue weighted by atomic mass is 32.1. The molecule has 25 heavy (non-hydrogen) atoms.